The molecule has 1 amide bonds. The van der Waals surface area contributed by atoms with E-state index in [1.165, 1.54) is 0 Å². The van der Waals surface area contributed by atoms with Crippen LogP contribution in [0.3, 0.4) is 0 Å². The van der Waals surface area contributed by atoms with Crippen molar-refractivity contribution < 1.29 is 9.59 Å². The number of anilines is 1. The first-order valence-electron chi connectivity index (χ1n) is 7.71. The Hall–Kier alpha value is -2.69. The van der Waals surface area contributed by atoms with Gasteiger partial charge in [0.2, 0.25) is 0 Å². The monoisotopic (exact) mass is 309 g/mol. The van der Waals surface area contributed by atoms with Gasteiger partial charge in [0.1, 0.15) is 5.69 Å². The summed E-state index contributed by atoms with van der Waals surface area (Å²) < 4.78 is 0. The Balaban J connectivity index is 1.62. The summed E-state index contributed by atoms with van der Waals surface area (Å²) in [5, 5.41) is 0. The number of Topliss-reactive ketones (excluding diaryl/α,β-unsaturated/α-hetero) is 1. The van der Waals surface area contributed by atoms with Gasteiger partial charge in [-0.15, -0.1) is 0 Å². The number of piperazine rings is 1. The average Bonchev–Trinajstić information content (AvgIpc) is 2.62. The zero-order valence-corrected chi connectivity index (χ0v) is 13.1. The van der Waals surface area contributed by atoms with Crippen molar-refractivity contribution in [2.45, 2.75) is 6.92 Å². The van der Waals surface area contributed by atoms with Crippen molar-refractivity contribution in [3.63, 3.8) is 0 Å². The molecule has 5 nitrogen and oxygen atoms in total. The molecule has 0 N–H and O–H groups in total. The van der Waals surface area contributed by atoms with Gasteiger partial charge < -0.3 is 9.80 Å². The summed E-state index contributed by atoms with van der Waals surface area (Å²) in [4.78, 5) is 31.9. The van der Waals surface area contributed by atoms with Gasteiger partial charge in [-0.2, -0.15) is 0 Å². The summed E-state index contributed by atoms with van der Waals surface area (Å²) in [6, 6.07) is 13.0. The Kier molecular flexibility index (Phi) is 4.37. The van der Waals surface area contributed by atoms with E-state index in [2.05, 4.69) is 9.88 Å². The minimum absolute atomic E-state index is 0.0165. The van der Waals surface area contributed by atoms with Crippen LogP contribution < -0.4 is 4.90 Å². The molecule has 5 heteroatoms. The number of nitrogens with zero attached hydrogens (tertiary/aromatic N) is 3. The molecule has 3 rings (SSSR count). The maximum Gasteiger partial charge on any atom is 0.272 e. The number of hydrogen-bond acceptors (Lipinski definition) is 4. The number of aromatic nitrogens is 1. The topological polar surface area (TPSA) is 53.5 Å². The zero-order valence-electron chi connectivity index (χ0n) is 13.1. The summed E-state index contributed by atoms with van der Waals surface area (Å²) in [5.74, 6) is 0.0551. The second-order valence-electron chi connectivity index (χ2n) is 5.60. The first kappa shape index (κ1) is 15.2. The smallest absolute Gasteiger partial charge is 0.272 e. The minimum Gasteiger partial charge on any atom is -0.368 e. The Morgan fingerprint density at radius 1 is 0.957 bits per heavy atom. The van der Waals surface area contributed by atoms with Crippen LogP contribution in [-0.2, 0) is 0 Å². The number of ketones is 1. The third-order valence-corrected chi connectivity index (χ3v) is 4.09. The minimum atomic E-state index is -0.0165. The second-order valence-corrected chi connectivity index (χ2v) is 5.60. The van der Waals surface area contributed by atoms with Crippen LogP contribution in [0.15, 0.2) is 48.7 Å². The molecular weight excluding hydrogens is 290 g/mol. The van der Waals surface area contributed by atoms with E-state index >= 15 is 0 Å². The normalized spacial score (nSPS) is 14.7. The molecule has 0 radical (unpaired) electrons. The number of amides is 1. The van der Waals surface area contributed by atoms with Gasteiger partial charge in [0.15, 0.2) is 5.78 Å². The maximum absolute atomic E-state index is 12.4. The van der Waals surface area contributed by atoms with Gasteiger partial charge in [0, 0.05) is 43.6 Å². The summed E-state index contributed by atoms with van der Waals surface area (Å²) in [6.45, 7) is 4.46. The Labute approximate surface area is 135 Å². The van der Waals surface area contributed by atoms with Crippen LogP contribution in [0, 0.1) is 0 Å². The summed E-state index contributed by atoms with van der Waals surface area (Å²) >= 11 is 0. The third kappa shape index (κ3) is 3.39. The second kappa shape index (κ2) is 6.60. The largest absolute Gasteiger partial charge is 0.368 e. The van der Waals surface area contributed by atoms with E-state index in [-0.39, 0.29) is 11.7 Å². The van der Waals surface area contributed by atoms with Crippen LogP contribution in [0.5, 0.6) is 0 Å². The fourth-order valence-electron chi connectivity index (χ4n) is 2.73. The molecule has 118 valence electrons. The summed E-state index contributed by atoms with van der Waals surface area (Å²) in [6.07, 6.45) is 1.64. The number of rotatable bonds is 3. The Morgan fingerprint density at radius 2 is 1.65 bits per heavy atom. The molecule has 1 fully saturated rings. The van der Waals surface area contributed by atoms with Gasteiger partial charge >= 0.3 is 0 Å². The summed E-state index contributed by atoms with van der Waals surface area (Å²) in [5.41, 5.74) is 2.30. The predicted octanol–water partition coefficient (Wildman–Crippen LogP) is 2.25. The highest BCUT2D eigenvalue weighted by atomic mass is 16.2. The van der Waals surface area contributed by atoms with Crippen molar-refractivity contribution >= 4 is 17.4 Å². The van der Waals surface area contributed by atoms with Crippen molar-refractivity contribution in [2.75, 3.05) is 31.1 Å². The van der Waals surface area contributed by atoms with Crippen molar-refractivity contribution in [1.29, 1.82) is 0 Å². The molecule has 0 spiro atoms. The maximum atomic E-state index is 12.4. The lowest BCUT2D eigenvalue weighted by molar-refractivity contribution is 0.0740. The number of carbonyl (C=O) groups excluding carboxylic acids is 2. The van der Waals surface area contributed by atoms with Crippen molar-refractivity contribution in [1.82, 2.24) is 9.88 Å². The van der Waals surface area contributed by atoms with E-state index in [0.29, 0.717) is 18.8 Å². The van der Waals surface area contributed by atoms with Gasteiger partial charge in [-0.25, -0.2) is 0 Å². The number of pyridine rings is 1. The molecule has 1 saturated heterocycles. The SMILES string of the molecule is CC(=O)c1ccc(N2CCN(C(=O)c3ccccn3)CC2)cc1. The molecule has 0 aliphatic carbocycles. The molecule has 0 bridgehead atoms. The lowest BCUT2D eigenvalue weighted by Gasteiger charge is -2.36. The molecule has 0 unspecified atom stereocenters. The first-order chi connectivity index (χ1) is 11.1. The van der Waals surface area contributed by atoms with E-state index in [9.17, 15) is 9.59 Å². The van der Waals surface area contributed by atoms with Crippen molar-refractivity contribution in [3.8, 4) is 0 Å². The van der Waals surface area contributed by atoms with E-state index in [1.807, 2.05) is 35.2 Å². The number of benzene rings is 1. The number of carbonyl (C=O) groups is 2. The quantitative estimate of drug-likeness (QED) is 0.816. The van der Waals surface area contributed by atoms with Crippen LogP contribution in [0.4, 0.5) is 5.69 Å². The van der Waals surface area contributed by atoms with Gasteiger partial charge in [0.25, 0.3) is 5.91 Å². The molecule has 1 aliphatic rings. The van der Waals surface area contributed by atoms with Crippen molar-refractivity contribution in [2.24, 2.45) is 0 Å². The van der Waals surface area contributed by atoms with Gasteiger partial charge in [-0.1, -0.05) is 6.07 Å². The van der Waals surface area contributed by atoms with E-state index in [4.69, 9.17) is 0 Å². The fraction of sp³-hybridized carbons (Fsp3) is 0.278. The molecule has 0 atom stereocenters. The van der Waals surface area contributed by atoms with Gasteiger partial charge in [-0.3, -0.25) is 14.6 Å². The molecule has 1 aromatic heterocycles. The Morgan fingerprint density at radius 3 is 2.22 bits per heavy atom. The molecule has 0 saturated carbocycles. The van der Waals surface area contributed by atoms with Crippen LogP contribution in [0.2, 0.25) is 0 Å². The zero-order chi connectivity index (χ0) is 16.2. The van der Waals surface area contributed by atoms with Crippen LogP contribution in [-0.4, -0.2) is 47.8 Å². The van der Waals surface area contributed by atoms with E-state index in [0.717, 1.165) is 24.3 Å². The van der Waals surface area contributed by atoms with Gasteiger partial charge in [0.05, 0.1) is 0 Å². The van der Waals surface area contributed by atoms with Gasteiger partial charge in [-0.05, 0) is 43.3 Å². The van der Waals surface area contributed by atoms with Crippen LogP contribution >= 0.6 is 0 Å². The fourth-order valence-corrected chi connectivity index (χ4v) is 2.73. The van der Waals surface area contributed by atoms with Crippen LogP contribution in [0.1, 0.15) is 27.8 Å². The Bertz CT molecular complexity index is 690. The highest BCUT2D eigenvalue weighted by molar-refractivity contribution is 5.94. The lowest BCUT2D eigenvalue weighted by Crippen LogP contribution is -2.49. The summed E-state index contributed by atoms with van der Waals surface area (Å²) in [7, 11) is 0. The molecule has 2 aromatic rings. The van der Waals surface area contributed by atoms with E-state index in [1.54, 1.807) is 25.3 Å². The highest BCUT2D eigenvalue weighted by Crippen LogP contribution is 2.18. The molecule has 23 heavy (non-hydrogen) atoms. The molecule has 1 aromatic carbocycles. The highest BCUT2D eigenvalue weighted by Gasteiger charge is 2.22. The number of hydrogen-bond donors (Lipinski definition) is 0. The molecule has 1 aliphatic heterocycles. The first-order valence-corrected chi connectivity index (χ1v) is 7.71. The van der Waals surface area contributed by atoms with Crippen LogP contribution in [0.25, 0.3) is 0 Å². The van der Waals surface area contributed by atoms with E-state index < -0.39 is 0 Å². The average molecular weight is 309 g/mol. The standard InChI is InChI=1S/C18H19N3O2/c1-14(22)15-5-7-16(8-6-15)20-10-12-21(13-11-20)18(23)17-4-2-3-9-19-17/h2-9H,10-13H2,1H3. The lowest BCUT2D eigenvalue weighted by atomic mass is 10.1. The third-order valence-electron chi connectivity index (χ3n) is 4.09. The molecule has 2 heterocycles. The van der Waals surface area contributed by atoms with Crippen molar-refractivity contribution in [3.05, 3.63) is 59.9 Å². The molecular formula is C18H19N3O2. The predicted molar refractivity (Wildman–Crippen MR) is 88.8 cm³/mol.